The molecular weight excluding hydrogens is 328 g/mol. The van der Waals surface area contributed by atoms with Crippen molar-refractivity contribution in [2.24, 2.45) is 5.92 Å². The summed E-state index contributed by atoms with van der Waals surface area (Å²) in [5, 5.41) is 16.3. The zero-order valence-electron chi connectivity index (χ0n) is 17.4. The van der Waals surface area contributed by atoms with Crippen LogP contribution in [0.5, 0.6) is 5.75 Å². The molecule has 0 bridgehead atoms. The Morgan fingerprint density at radius 3 is 1.73 bits per heavy atom. The second kappa shape index (κ2) is 8.11. The highest BCUT2D eigenvalue weighted by Gasteiger charge is 2.27. The number of amides is 2. The van der Waals surface area contributed by atoms with Crippen molar-refractivity contribution in [3.63, 3.8) is 0 Å². The average molecular weight is 363 g/mol. The van der Waals surface area contributed by atoms with Crippen molar-refractivity contribution in [1.82, 2.24) is 10.6 Å². The molecule has 0 radical (unpaired) electrons. The summed E-state index contributed by atoms with van der Waals surface area (Å²) >= 11 is 0. The van der Waals surface area contributed by atoms with Crippen LogP contribution in [0.3, 0.4) is 0 Å². The van der Waals surface area contributed by atoms with Crippen LogP contribution in [0, 0.1) is 5.92 Å². The molecule has 5 nitrogen and oxygen atoms in total. The summed E-state index contributed by atoms with van der Waals surface area (Å²) in [6.07, 6.45) is 0. The van der Waals surface area contributed by atoms with Crippen LogP contribution in [-0.2, 0) is 15.6 Å². The topological polar surface area (TPSA) is 78.4 Å². The lowest BCUT2D eigenvalue weighted by Crippen LogP contribution is -2.36. The van der Waals surface area contributed by atoms with E-state index in [1.807, 2.05) is 55.4 Å². The Labute approximate surface area is 157 Å². The molecule has 0 aliphatic rings. The van der Waals surface area contributed by atoms with Crippen LogP contribution in [0.2, 0.25) is 0 Å². The minimum absolute atomic E-state index is 0.0334. The maximum absolute atomic E-state index is 12.6. The SMILES string of the molecule is CC(C)C(=O)NCCNC(=O)c1cc(C(C)(C)C)c(O)c(C(C)(C)C)c1. The standard InChI is InChI=1S/C21H34N2O3/c1-13(2)18(25)22-9-10-23-19(26)14-11-15(20(3,4)5)17(24)16(12-14)21(6,7)8/h11-13,24H,9-10H2,1-8H3,(H,22,25)(H,23,26). The van der Waals surface area contributed by atoms with Crippen molar-refractivity contribution in [3.05, 3.63) is 28.8 Å². The predicted molar refractivity (Wildman–Crippen MR) is 106 cm³/mol. The summed E-state index contributed by atoms with van der Waals surface area (Å²) in [6.45, 7) is 16.5. The van der Waals surface area contributed by atoms with E-state index in [2.05, 4.69) is 10.6 Å². The van der Waals surface area contributed by atoms with Crippen molar-refractivity contribution in [2.45, 2.75) is 66.2 Å². The van der Waals surface area contributed by atoms with E-state index < -0.39 is 0 Å². The number of phenols is 1. The summed E-state index contributed by atoms with van der Waals surface area (Å²) in [7, 11) is 0. The number of phenolic OH excluding ortho intramolecular Hbond substituents is 1. The van der Waals surface area contributed by atoms with Gasteiger partial charge in [-0.25, -0.2) is 0 Å². The molecule has 0 atom stereocenters. The Bertz CT molecular complexity index is 630. The molecule has 0 aromatic heterocycles. The first-order valence-corrected chi connectivity index (χ1v) is 9.19. The molecule has 3 N–H and O–H groups in total. The molecule has 0 heterocycles. The van der Waals surface area contributed by atoms with Crippen LogP contribution < -0.4 is 10.6 Å². The molecule has 1 aromatic carbocycles. The number of benzene rings is 1. The van der Waals surface area contributed by atoms with Gasteiger partial charge in [-0.3, -0.25) is 9.59 Å². The normalized spacial score (nSPS) is 12.2. The van der Waals surface area contributed by atoms with Crippen molar-refractivity contribution < 1.29 is 14.7 Å². The zero-order chi connectivity index (χ0) is 20.3. The first-order chi connectivity index (χ1) is 11.7. The van der Waals surface area contributed by atoms with Crippen molar-refractivity contribution >= 4 is 11.8 Å². The molecule has 0 saturated carbocycles. The summed E-state index contributed by atoms with van der Waals surface area (Å²) in [4.78, 5) is 24.1. The van der Waals surface area contributed by atoms with E-state index in [0.29, 0.717) is 18.7 Å². The molecule has 2 amide bonds. The van der Waals surface area contributed by atoms with E-state index in [-0.39, 0.29) is 34.3 Å². The third-order valence-electron chi connectivity index (χ3n) is 4.22. The summed E-state index contributed by atoms with van der Waals surface area (Å²) in [5.41, 5.74) is 1.45. The van der Waals surface area contributed by atoms with Crippen LogP contribution in [-0.4, -0.2) is 30.0 Å². The van der Waals surface area contributed by atoms with Crippen LogP contribution in [0.15, 0.2) is 12.1 Å². The maximum atomic E-state index is 12.6. The molecule has 0 unspecified atom stereocenters. The molecule has 1 rings (SSSR count). The molecule has 0 fully saturated rings. The second-order valence-electron chi connectivity index (χ2n) is 9.12. The lowest BCUT2D eigenvalue weighted by Gasteiger charge is -2.28. The van der Waals surface area contributed by atoms with Gasteiger partial charge in [-0.1, -0.05) is 55.4 Å². The third kappa shape index (κ3) is 5.75. The summed E-state index contributed by atoms with van der Waals surface area (Å²) in [6, 6.07) is 3.51. The largest absolute Gasteiger partial charge is 0.507 e. The van der Waals surface area contributed by atoms with E-state index >= 15 is 0 Å². The van der Waals surface area contributed by atoms with Crippen molar-refractivity contribution in [2.75, 3.05) is 13.1 Å². The highest BCUT2D eigenvalue weighted by Crippen LogP contribution is 2.39. The van der Waals surface area contributed by atoms with Crippen molar-refractivity contribution in [1.29, 1.82) is 0 Å². The molecule has 146 valence electrons. The Kier molecular flexibility index (Phi) is 6.86. The number of hydrogen-bond acceptors (Lipinski definition) is 3. The molecule has 0 saturated heterocycles. The van der Waals surface area contributed by atoms with Gasteiger partial charge >= 0.3 is 0 Å². The lowest BCUT2D eigenvalue weighted by atomic mass is 9.78. The second-order valence-corrected chi connectivity index (χ2v) is 9.12. The zero-order valence-corrected chi connectivity index (χ0v) is 17.4. The van der Waals surface area contributed by atoms with Gasteiger partial charge in [0, 0.05) is 35.7 Å². The highest BCUT2D eigenvalue weighted by atomic mass is 16.3. The molecule has 0 spiro atoms. The van der Waals surface area contributed by atoms with Crippen LogP contribution >= 0.6 is 0 Å². The molecule has 0 aliphatic heterocycles. The summed E-state index contributed by atoms with van der Waals surface area (Å²) in [5.74, 6) is -0.0639. The van der Waals surface area contributed by atoms with E-state index in [1.54, 1.807) is 12.1 Å². The van der Waals surface area contributed by atoms with E-state index in [9.17, 15) is 14.7 Å². The molecule has 26 heavy (non-hydrogen) atoms. The molecule has 1 aromatic rings. The summed E-state index contributed by atoms with van der Waals surface area (Å²) < 4.78 is 0. The molecule has 5 heteroatoms. The van der Waals surface area contributed by atoms with Gasteiger partial charge < -0.3 is 15.7 Å². The van der Waals surface area contributed by atoms with Crippen LogP contribution in [0.4, 0.5) is 0 Å². The van der Waals surface area contributed by atoms with Crippen LogP contribution in [0.1, 0.15) is 76.9 Å². The lowest BCUT2D eigenvalue weighted by molar-refractivity contribution is -0.123. The monoisotopic (exact) mass is 362 g/mol. The smallest absolute Gasteiger partial charge is 0.251 e. The quantitative estimate of drug-likeness (QED) is 0.702. The number of carbonyl (C=O) groups is 2. The number of carbonyl (C=O) groups excluding carboxylic acids is 2. The van der Waals surface area contributed by atoms with E-state index in [4.69, 9.17) is 0 Å². The highest BCUT2D eigenvalue weighted by molar-refractivity contribution is 5.95. The van der Waals surface area contributed by atoms with Gasteiger partial charge in [0.25, 0.3) is 5.91 Å². The number of hydrogen-bond donors (Lipinski definition) is 3. The van der Waals surface area contributed by atoms with Gasteiger partial charge in [0.15, 0.2) is 0 Å². The number of nitrogens with one attached hydrogen (secondary N) is 2. The first-order valence-electron chi connectivity index (χ1n) is 9.19. The first kappa shape index (κ1) is 22.0. The Balaban J connectivity index is 3.01. The van der Waals surface area contributed by atoms with Gasteiger partial charge in [0.05, 0.1) is 0 Å². The molecule has 0 aliphatic carbocycles. The number of rotatable bonds is 5. The third-order valence-corrected chi connectivity index (χ3v) is 4.22. The fraction of sp³-hybridized carbons (Fsp3) is 0.619. The Morgan fingerprint density at radius 1 is 0.923 bits per heavy atom. The number of aromatic hydroxyl groups is 1. The van der Waals surface area contributed by atoms with Gasteiger partial charge in [-0.2, -0.15) is 0 Å². The Morgan fingerprint density at radius 2 is 1.35 bits per heavy atom. The van der Waals surface area contributed by atoms with Gasteiger partial charge in [-0.15, -0.1) is 0 Å². The fourth-order valence-electron chi connectivity index (χ4n) is 2.58. The van der Waals surface area contributed by atoms with Gasteiger partial charge in [-0.05, 0) is 23.0 Å². The van der Waals surface area contributed by atoms with E-state index in [1.165, 1.54) is 0 Å². The maximum Gasteiger partial charge on any atom is 0.251 e. The average Bonchev–Trinajstić information content (AvgIpc) is 2.48. The Hall–Kier alpha value is -2.04. The predicted octanol–water partition coefficient (Wildman–Crippen LogP) is 3.49. The minimum atomic E-state index is -0.286. The van der Waals surface area contributed by atoms with E-state index in [0.717, 1.165) is 11.1 Å². The van der Waals surface area contributed by atoms with Gasteiger partial charge in [0.1, 0.15) is 5.75 Å². The minimum Gasteiger partial charge on any atom is -0.507 e. The van der Waals surface area contributed by atoms with Crippen LogP contribution in [0.25, 0.3) is 0 Å². The van der Waals surface area contributed by atoms with Crippen molar-refractivity contribution in [3.8, 4) is 5.75 Å². The van der Waals surface area contributed by atoms with Gasteiger partial charge in [0.2, 0.25) is 5.91 Å². The molecular formula is C21H34N2O3. The fourth-order valence-corrected chi connectivity index (χ4v) is 2.58.